The number of benzene rings is 2. The number of unbranched alkanes of at least 4 members (excludes halogenated alkanes) is 1. The lowest BCUT2D eigenvalue weighted by Crippen LogP contribution is -2.42. The number of imide groups is 1. The highest BCUT2D eigenvalue weighted by atomic mass is 16.2. The molecule has 0 radical (unpaired) electrons. The zero-order valence-electron chi connectivity index (χ0n) is 13.3. The summed E-state index contributed by atoms with van der Waals surface area (Å²) >= 11 is 0. The second-order valence-corrected chi connectivity index (χ2v) is 5.35. The normalized spacial score (nSPS) is 10.3. The number of urea groups is 1. The molecular formula is C19H22N2O2. The van der Waals surface area contributed by atoms with Gasteiger partial charge >= 0.3 is 6.03 Å². The van der Waals surface area contributed by atoms with Crippen molar-refractivity contribution >= 4 is 11.9 Å². The van der Waals surface area contributed by atoms with Crippen LogP contribution in [0.5, 0.6) is 0 Å². The van der Waals surface area contributed by atoms with Gasteiger partial charge in [-0.05, 0) is 17.5 Å². The van der Waals surface area contributed by atoms with Crippen molar-refractivity contribution in [3.05, 3.63) is 71.8 Å². The van der Waals surface area contributed by atoms with Crippen LogP contribution >= 0.6 is 0 Å². The summed E-state index contributed by atoms with van der Waals surface area (Å²) in [4.78, 5) is 24.5. The minimum Gasteiger partial charge on any atom is -0.338 e. The van der Waals surface area contributed by atoms with Gasteiger partial charge in [0.05, 0.1) is 5.92 Å². The molecule has 4 heteroatoms. The number of rotatable bonds is 6. The Bertz CT molecular complexity index is 587. The van der Waals surface area contributed by atoms with Crippen LogP contribution in [0, 0.1) is 0 Å². The molecule has 0 unspecified atom stereocenters. The average Bonchev–Trinajstić information content (AvgIpc) is 2.57. The van der Waals surface area contributed by atoms with E-state index in [4.69, 9.17) is 0 Å². The third kappa shape index (κ3) is 4.95. The van der Waals surface area contributed by atoms with Crippen LogP contribution in [0.2, 0.25) is 0 Å². The summed E-state index contributed by atoms with van der Waals surface area (Å²) in [7, 11) is 0. The van der Waals surface area contributed by atoms with Crippen molar-refractivity contribution in [2.45, 2.75) is 25.7 Å². The molecule has 0 aliphatic heterocycles. The number of hydrogen-bond donors (Lipinski definition) is 2. The fourth-order valence-electron chi connectivity index (χ4n) is 2.39. The van der Waals surface area contributed by atoms with Crippen LogP contribution in [0.1, 0.15) is 36.8 Å². The minimum atomic E-state index is -0.505. The van der Waals surface area contributed by atoms with Crippen molar-refractivity contribution < 1.29 is 9.59 Å². The lowest BCUT2D eigenvalue weighted by atomic mass is 9.90. The smallest absolute Gasteiger partial charge is 0.321 e. The number of amides is 3. The first-order valence-corrected chi connectivity index (χ1v) is 7.91. The van der Waals surface area contributed by atoms with Crippen molar-refractivity contribution in [2.75, 3.05) is 6.54 Å². The van der Waals surface area contributed by atoms with Gasteiger partial charge in [-0.25, -0.2) is 4.79 Å². The molecule has 2 aromatic rings. The summed E-state index contributed by atoms with van der Waals surface area (Å²) < 4.78 is 0. The molecule has 0 heterocycles. The van der Waals surface area contributed by atoms with Gasteiger partial charge in [-0.2, -0.15) is 0 Å². The summed E-state index contributed by atoms with van der Waals surface area (Å²) in [5, 5.41) is 5.15. The highest BCUT2D eigenvalue weighted by Crippen LogP contribution is 2.24. The maximum absolute atomic E-state index is 12.6. The van der Waals surface area contributed by atoms with Crippen LogP contribution in [0.3, 0.4) is 0 Å². The fraction of sp³-hybridized carbons (Fsp3) is 0.263. The molecule has 0 saturated heterocycles. The number of carbonyl (C=O) groups excluding carboxylic acids is 2. The topological polar surface area (TPSA) is 58.2 Å². The molecule has 23 heavy (non-hydrogen) atoms. The molecule has 0 aromatic heterocycles. The number of nitrogens with one attached hydrogen (secondary N) is 2. The molecule has 2 rings (SSSR count). The van der Waals surface area contributed by atoms with Crippen molar-refractivity contribution in [1.82, 2.24) is 10.6 Å². The molecule has 0 spiro atoms. The highest BCUT2D eigenvalue weighted by molar-refractivity contribution is 5.99. The maximum atomic E-state index is 12.6. The van der Waals surface area contributed by atoms with Gasteiger partial charge in [0.15, 0.2) is 0 Å². The largest absolute Gasteiger partial charge is 0.338 e. The van der Waals surface area contributed by atoms with Gasteiger partial charge in [-0.1, -0.05) is 74.0 Å². The lowest BCUT2D eigenvalue weighted by molar-refractivity contribution is -0.120. The molecule has 0 bridgehead atoms. The molecular weight excluding hydrogens is 288 g/mol. The van der Waals surface area contributed by atoms with Gasteiger partial charge in [0, 0.05) is 6.54 Å². The van der Waals surface area contributed by atoms with E-state index in [0.29, 0.717) is 6.54 Å². The van der Waals surface area contributed by atoms with Crippen LogP contribution in [-0.2, 0) is 4.79 Å². The molecule has 0 fully saturated rings. The Labute approximate surface area is 136 Å². The third-order valence-corrected chi connectivity index (χ3v) is 3.58. The second kappa shape index (κ2) is 8.73. The van der Waals surface area contributed by atoms with Crippen molar-refractivity contribution in [3.63, 3.8) is 0 Å². The van der Waals surface area contributed by atoms with E-state index in [1.165, 1.54) is 0 Å². The quantitative estimate of drug-likeness (QED) is 0.803. The molecule has 0 saturated carbocycles. The zero-order valence-corrected chi connectivity index (χ0v) is 13.3. The lowest BCUT2D eigenvalue weighted by Gasteiger charge is -2.17. The van der Waals surface area contributed by atoms with E-state index in [0.717, 1.165) is 24.0 Å². The highest BCUT2D eigenvalue weighted by Gasteiger charge is 2.23. The summed E-state index contributed by atoms with van der Waals surface area (Å²) in [6, 6.07) is 18.5. The molecule has 2 aromatic carbocycles. The van der Waals surface area contributed by atoms with Gasteiger partial charge in [0.1, 0.15) is 0 Å². The monoisotopic (exact) mass is 310 g/mol. The predicted molar refractivity (Wildman–Crippen MR) is 91.2 cm³/mol. The van der Waals surface area contributed by atoms with E-state index in [2.05, 4.69) is 10.6 Å². The molecule has 0 aliphatic rings. The summed E-state index contributed by atoms with van der Waals surface area (Å²) in [6.07, 6.45) is 1.88. The van der Waals surface area contributed by atoms with Crippen LogP contribution < -0.4 is 10.6 Å². The molecule has 3 amide bonds. The summed E-state index contributed by atoms with van der Waals surface area (Å²) in [6.45, 7) is 2.61. The van der Waals surface area contributed by atoms with E-state index in [-0.39, 0.29) is 5.91 Å². The SMILES string of the molecule is CCCCNC(=O)NC(=O)C(c1ccccc1)c1ccccc1. The standard InChI is InChI=1S/C19H22N2O2/c1-2-3-14-20-19(23)21-18(22)17(15-10-6-4-7-11-15)16-12-8-5-9-13-16/h4-13,17H,2-3,14H2,1H3,(H2,20,21,22,23). The molecule has 0 atom stereocenters. The number of carbonyl (C=O) groups is 2. The first-order valence-electron chi connectivity index (χ1n) is 7.91. The van der Waals surface area contributed by atoms with Crippen LogP contribution in [0.15, 0.2) is 60.7 Å². The van der Waals surface area contributed by atoms with E-state index in [1.807, 2.05) is 67.6 Å². The van der Waals surface area contributed by atoms with E-state index in [9.17, 15) is 9.59 Å². The van der Waals surface area contributed by atoms with E-state index in [1.54, 1.807) is 0 Å². The molecule has 2 N–H and O–H groups in total. The van der Waals surface area contributed by atoms with Crippen LogP contribution in [0.25, 0.3) is 0 Å². The molecule has 4 nitrogen and oxygen atoms in total. The Morgan fingerprint density at radius 2 is 1.43 bits per heavy atom. The number of hydrogen-bond acceptors (Lipinski definition) is 2. The Morgan fingerprint density at radius 3 is 1.91 bits per heavy atom. The van der Waals surface area contributed by atoms with Gasteiger partial charge in [0.2, 0.25) is 5.91 Å². The van der Waals surface area contributed by atoms with Gasteiger partial charge in [0.25, 0.3) is 0 Å². The van der Waals surface area contributed by atoms with Crippen LogP contribution in [-0.4, -0.2) is 18.5 Å². The summed E-state index contributed by atoms with van der Waals surface area (Å²) in [5.74, 6) is -0.828. The van der Waals surface area contributed by atoms with Gasteiger partial charge in [-0.15, -0.1) is 0 Å². The van der Waals surface area contributed by atoms with Gasteiger partial charge in [-0.3, -0.25) is 10.1 Å². The zero-order chi connectivity index (χ0) is 16.5. The second-order valence-electron chi connectivity index (χ2n) is 5.35. The summed E-state index contributed by atoms with van der Waals surface area (Å²) in [5.41, 5.74) is 1.72. The third-order valence-electron chi connectivity index (χ3n) is 3.58. The maximum Gasteiger partial charge on any atom is 0.321 e. The van der Waals surface area contributed by atoms with Crippen LogP contribution in [0.4, 0.5) is 4.79 Å². The van der Waals surface area contributed by atoms with Crippen molar-refractivity contribution in [2.24, 2.45) is 0 Å². The van der Waals surface area contributed by atoms with Crippen molar-refractivity contribution in [1.29, 1.82) is 0 Å². The molecule has 0 aliphatic carbocycles. The Hall–Kier alpha value is -2.62. The first kappa shape index (κ1) is 16.7. The fourth-order valence-corrected chi connectivity index (χ4v) is 2.39. The predicted octanol–water partition coefficient (Wildman–Crippen LogP) is 3.44. The Morgan fingerprint density at radius 1 is 0.913 bits per heavy atom. The molecule has 120 valence electrons. The van der Waals surface area contributed by atoms with Gasteiger partial charge < -0.3 is 5.32 Å². The van der Waals surface area contributed by atoms with Crippen molar-refractivity contribution in [3.8, 4) is 0 Å². The Balaban J connectivity index is 2.15. The minimum absolute atomic E-state index is 0.323. The first-order chi connectivity index (χ1) is 11.2. The average molecular weight is 310 g/mol. The van der Waals surface area contributed by atoms with E-state index >= 15 is 0 Å². The Kier molecular flexibility index (Phi) is 6.36. The van der Waals surface area contributed by atoms with E-state index < -0.39 is 11.9 Å².